The largest absolute Gasteiger partial charge is 0.355 e. The van der Waals surface area contributed by atoms with E-state index in [1.807, 2.05) is 0 Å². The molecule has 28 heavy (non-hydrogen) atoms. The van der Waals surface area contributed by atoms with Gasteiger partial charge in [-0.3, -0.25) is 23.2 Å². The molecule has 1 aliphatic rings. The molecule has 18 heteroatoms. The third-order valence-corrected chi connectivity index (χ3v) is 11.3. The van der Waals surface area contributed by atoms with E-state index in [1.165, 1.54) is 0 Å². The Morgan fingerprint density at radius 2 is 1.04 bits per heavy atom. The summed E-state index contributed by atoms with van der Waals surface area (Å²) in [6.45, 7) is 1.41. The maximum Gasteiger partial charge on any atom is 0.355 e. The first kappa shape index (κ1) is 26.6. The van der Waals surface area contributed by atoms with Crippen molar-refractivity contribution in [2.45, 2.75) is 36.7 Å². The molecule has 0 amide bonds. The predicted octanol–water partition coefficient (Wildman–Crippen LogP) is -0.558. The molecule has 0 atom stereocenters. The van der Waals surface area contributed by atoms with Crippen LogP contribution in [0.25, 0.3) is 0 Å². The first-order chi connectivity index (χ1) is 12.5. The number of rotatable bonds is 11. The summed E-state index contributed by atoms with van der Waals surface area (Å²) in [6.07, 6.45) is 2.23. The van der Waals surface area contributed by atoms with Crippen molar-refractivity contribution in [2.75, 3.05) is 26.2 Å². The smallest absolute Gasteiger partial charge is 0.323 e. The van der Waals surface area contributed by atoms with E-state index in [9.17, 15) is 57.4 Å². The number of nitrogens with zero attached hydrogens (tertiary/aromatic N) is 2. The summed E-state index contributed by atoms with van der Waals surface area (Å²) >= 11 is 0. The molecule has 0 aliphatic carbocycles. The van der Waals surface area contributed by atoms with Crippen molar-refractivity contribution in [3.63, 3.8) is 0 Å². The minimum absolute atomic E-state index is 0.0660. The second-order valence-electron chi connectivity index (χ2n) is 6.54. The van der Waals surface area contributed by atoms with Gasteiger partial charge in [-0.25, -0.2) is 0 Å². The highest BCUT2D eigenvalue weighted by Crippen LogP contribution is 2.68. The Bertz CT molecular complexity index is 611. The first-order valence-corrected chi connectivity index (χ1v) is 14.9. The van der Waals surface area contributed by atoms with Crippen LogP contribution in [0.15, 0.2) is 0 Å². The van der Waals surface area contributed by atoms with Gasteiger partial charge in [0, 0.05) is 6.54 Å². The molecule has 8 N–H and O–H groups in total. The minimum Gasteiger partial charge on any atom is -0.323 e. The fourth-order valence-electron chi connectivity index (χ4n) is 3.15. The highest BCUT2D eigenvalue weighted by Gasteiger charge is 2.58. The van der Waals surface area contributed by atoms with E-state index in [1.54, 1.807) is 0 Å². The molecule has 1 rings (SSSR count). The Hall–Kier alpha value is 0.520. The van der Waals surface area contributed by atoms with Crippen LogP contribution in [0.3, 0.4) is 0 Å². The van der Waals surface area contributed by atoms with Crippen LogP contribution >= 0.6 is 30.4 Å². The Morgan fingerprint density at radius 3 is 1.36 bits per heavy atom. The quantitative estimate of drug-likeness (QED) is 0.134. The number of likely N-dealkylation sites (tertiary alicyclic amines) is 1. The van der Waals surface area contributed by atoms with Crippen LogP contribution < -0.4 is 0 Å². The molecule has 14 nitrogen and oxygen atoms in total. The summed E-state index contributed by atoms with van der Waals surface area (Å²) in [5.41, 5.74) is -6.20. The Kier molecular flexibility index (Phi) is 9.26. The lowest BCUT2D eigenvalue weighted by Gasteiger charge is -2.37. The van der Waals surface area contributed by atoms with Gasteiger partial charge in [0.2, 0.25) is 11.0 Å². The van der Waals surface area contributed by atoms with E-state index in [2.05, 4.69) is 4.90 Å². The third kappa shape index (κ3) is 7.98. The normalized spacial score (nSPS) is 18.0. The molecule has 168 valence electrons. The molecule has 1 aliphatic heterocycles. The molecule has 1 heterocycles. The van der Waals surface area contributed by atoms with Gasteiger partial charge in [-0.2, -0.15) is 0 Å². The second kappa shape index (κ2) is 9.77. The van der Waals surface area contributed by atoms with Crippen molar-refractivity contribution < 1.29 is 57.4 Å². The highest BCUT2D eigenvalue weighted by atomic mass is 31.2. The number of unbranched alkanes of at least 4 members (excludes halogenated alkanes) is 1. The maximum absolute atomic E-state index is 11.7. The molecular weight excluding hydrogens is 464 g/mol. The Labute approximate surface area is 161 Å². The molecule has 0 unspecified atom stereocenters. The molecule has 0 spiro atoms. The molecule has 0 aromatic heterocycles. The van der Waals surface area contributed by atoms with Gasteiger partial charge in [0.15, 0.2) is 0 Å². The van der Waals surface area contributed by atoms with Gasteiger partial charge in [-0.05, 0) is 45.3 Å². The van der Waals surface area contributed by atoms with Gasteiger partial charge < -0.3 is 44.0 Å². The van der Waals surface area contributed by atoms with Crippen LogP contribution in [0.4, 0.5) is 0 Å². The van der Waals surface area contributed by atoms with Crippen LogP contribution in [-0.2, 0) is 18.3 Å². The zero-order chi connectivity index (χ0) is 22.0. The maximum atomic E-state index is 11.7. The molecule has 0 bridgehead atoms. The van der Waals surface area contributed by atoms with Crippen molar-refractivity contribution >= 4 is 30.4 Å². The lowest BCUT2D eigenvalue weighted by atomic mass is 10.3. The van der Waals surface area contributed by atoms with Gasteiger partial charge in [0.05, 0.1) is 0 Å². The molecule has 0 saturated carbocycles. The predicted molar refractivity (Wildman–Crippen MR) is 97.4 cm³/mol. The van der Waals surface area contributed by atoms with Crippen LogP contribution in [0, 0.1) is 0 Å². The van der Waals surface area contributed by atoms with Crippen LogP contribution in [0.2, 0.25) is 0 Å². The van der Waals surface area contributed by atoms with E-state index >= 15 is 0 Å². The second-order valence-corrected chi connectivity index (χ2v) is 14.0. The average molecular weight is 490 g/mol. The van der Waals surface area contributed by atoms with Crippen molar-refractivity contribution in [2.24, 2.45) is 0 Å². The lowest BCUT2D eigenvalue weighted by Crippen LogP contribution is -2.43. The summed E-state index contributed by atoms with van der Waals surface area (Å²) in [6, 6.07) is 0. The van der Waals surface area contributed by atoms with Crippen LogP contribution in [-0.4, -0.2) is 86.2 Å². The average Bonchev–Trinajstić information content (AvgIpc) is 2.89. The monoisotopic (exact) mass is 490 g/mol. The summed E-state index contributed by atoms with van der Waals surface area (Å²) in [4.78, 5) is 76.8. The number of hydrogen-bond donors (Lipinski definition) is 8. The van der Waals surface area contributed by atoms with Crippen molar-refractivity contribution in [3.8, 4) is 0 Å². The molecule has 0 aromatic carbocycles. The van der Waals surface area contributed by atoms with E-state index in [-0.39, 0.29) is 11.3 Å². The van der Waals surface area contributed by atoms with E-state index < -0.39 is 48.0 Å². The zero-order valence-corrected chi connectivity index (χ0v) is 18.3. The SMILES string of the molecule is O=P(O)(O)C(N(CCCCN1CCCC1)C(P(=O)(O)O)P(=O)(O)O)P(=O)(O)O. The lowest BCUT2D eigenvalue weighted by molar-refractivity contribution is 0.195. The van der Waals surface area contributed by atoms with E-state index in [0.717, 1.165) is 25.9 Å². The van der Waals surface area contributed by atoms with E-state index in [0.29, 0.717) is 13.0 Å². The van der Waals surface area contributed by atoms with Gasteiger partial charge in [-0.15, -0.1) is 0 Å². The first-order valence-electron chi connectivity index (χ1n) is 8.14. The topological polar surface area (TPSA) is 237 Å². The molecular formula is C10H26N2O12P4. The van der Waals surface area contributed by atoms with Crippen molar-refractivity contribution in [1.82, 2.24) is 9.80 Å². The standard InChI is InChI=1S/C10H26N2O12P4/c13-25(14,15)9(26(16,17)18)12(10(27(19,20)21)28(22,23)24)8-4-3-7-11-5-1-2-6-11/h9-10H,1-8H2,(H2,13,14,15)(H2,16,17,18)(H2,19,20,21)(H2,22,23,24). The Morgan fingerprint density at radius 1 is 0.679 bits per heavy atom. The number of hydrogen-bond acceptors (Lipinski definition) is 6. The molecule has 0 radical (unpaired) electrons. The van der Waals surface area contributed by atoms with Gasteiger partial charge in [0.25, 0.3) is 0 Å². The van der Waals surface area contributed by atoms with Crippen LogP contribution in [0.5, 0.6) is 0 Å². The summed E-state index contributed by atoms with van der Waals surface area (Å²) in [5, 5.41) is 0. The molecule has 1 fully saturated rings. The summed E-state index contributed by atoms with van der Waals surface area (Å²) in [5.74, 6) is 0. The zero-order valence-electron chi connectivity index (χ0n) is 14.7. The molecule has 1 saturated heterocycles. The van der Waals surface area contributed by atoms with E-state index in [4.69, 9.17) is 0 Å². The highest BCUT2D eigenvalue weighted by molar-refractivity contribution is 7.72. The van der Waals surface area contributed by atoms with Crippen LogP contribution in [0.1, 0.15) is 25.7 Å². The van der Waals surface area contributed by atoms with Crippen molar-refractivity contribution in [3.05, 3.63) is 0 Å². The van der Waals surface area contributed by atoms with Gasteiger partial charge in [-0.1, -0.05) is 0 Å². The fourth-order valence-corrected chi connectivity index (χ4v) is 9.25. The van der Waals surface area contributed by atoms with Gasteiger partial charge in [0.1, 0.15) is 0 Å². The van der Waals surface area contributed by atoms with Crippen molar-refractivity contribution in [1.29, 1.82) is 0 Å². The van der Waals surface area contributed by atoms with Gasteiger partial charge >= 0.3 is 30.4 Å². The fraction of sp³-hybridized carbons (Fsp3) is 1.00. The summed E-state index contributed by atoms with van der Waals surface area (Å²) in [7, 11) is -23.0. The minimum atomic E-state index is -5.75. The Balaban J connectivity index is 3.20. The third-order valence-electron chi connectivity index (χ3n) is 4.14. The summed E-state index contributed by atoms with van der Waals surface area (Å²) < 4.78 is 46.7. The molecule has 0 aromatic rings.